The lowest BCUT2D eigenvalue weighted by Gasteiger charge is -2.05. The van der Waals surface area contributed by atoms with Crippen LogP contribution in [-0.4, -0.2) is 22.4 Å². The van der Waals surface area contributed by atoms with Gasteiger partial charge in [0.05, 0.1) is 5.56 Å². The molecule has 3 rings (SSSR count). The van der Waals surface area contributed by atoms with Crippen molar-refractivity contribution in [3.05, 3.63) is 70.7 Å². The smallest absolute Gasteiger partial charge is 0.258 e. The molecule has 116 valence electrons. The van der Waals surface area contributed by atoms with E-state index < -0.39 is 0 Å². The number of aromatic nitrogens is 2. The maximum Gasteiger partial charge on any atom is 0.258 e. The number of rotatable bonds is 5. The van der Waals surface area contributed by atoms with E-state index in [1.807, 2.05) is 60.9 Å². The molecule has 0 bridgehead atoms. The van der Waals surface area contributed by atoms with E-state index in [0.29, 0.717) is 10.7 Å². The van der Waals surface area contributed by atoms with E-state index >= 15 is 0 Å². The van der Waals surface area contributed by atoms with Crippen LogP contribution in [0, 0.1) is 0 Å². The van der Waals surface area contributed by atoms with Gasteiger partial charge in [0.2, 0.25) is 5.13 Å². The normalized spacial score (nSPS) is 10.5. The molecule has 0 radical (unpaired) electrons. The first-order chi connectivity index (χ1) is 11.3. The van der Waals surface area contributed by atoms with Crippen molar-refractivity contribution in [2.45, 2.75) is 11.3 Å². The van der Waals surface area contributed by atoms with Gasteiger partial charge in [-0.2, -0.15) is 0 Å². The number of benzene rings is 2. The molecular formula is C17H15N3OS2. The topological polar surface area (TPSA) is 54.9 Å². The van der Waals surface area contributed by atoms with E-state index in [4.69, 9.17) is 0 Å². The van der Waals surface area contributed by atoms with Crippen molar-refractivity contribution in [3.8, 4) is 0 Å². The van der Waals surface area contributed by atoms with Gasteiger partial charge >= 0.3 is 0 Å². The van der Waals surface area contributed by atoms with Crippen molar-refractivity contribution in [3.63, 3.8) is 0 Å². The number of nitrogens with one attached hydrogen (secondary N) is 1. The Morgan fingerprint density at radius 2 is 1.83 bits per heavy atom. The Morgan fingerprint density at radius 1 is 1.09 bits per heavy atom. The summed E-state index contributed by atoms with van der Waals surface area (Å²) < 4.78 is 0. The largest absolute Gasteiger partial charge is 0.296 e. The molecule has 3 aromatic rings. The number of carbonyl (C=O) groups excluding carboxylic acids is 1. The fourth-order valence-electron chi connectivity index (χ4n) is 2.14. The van der Waals surface area contributed by atoms with Gasteiger partial charge in [-0.25, -0.2) is 0 Å². The highest BCUT2D eigenvalue weighted by Gasteiger charge is 2.13. The van der Waals surface area contributed by atoms with E-state index in [9.17, 15) is 4.79 Å². The highest BCUT2D eigenvalue weighted by Crippen LogP contribution is 2.23. The molecule has 0 unspecified atom stereocenters. The zero-order chi connectivity index (χ0) is 16.1. The Kier molecular flexibility index (Phi) is 5.05. The van der Waals surface area contributed by atoms with Crippen molar-refractivity contribution in [2.24, 2.45) is 0 Å². The first-order valence-electron chi connectivity index (χ1n) is 7.07. The van der Waals surface area contributed by atoms with Gasteiger partial charge in [-0.15, -0.1) is 22.0 Å². The molecule has 0 aliphatic carbocycles. The Morgan fingerprint density at radius 3 is 2.61 bits per heavy atom. The predicted octanol–water partition coefficient (Wildman–Crippen LogP) is 4.10. The van der Waals surface area contributed by atoms with E-state index in [0.717, 1.165) is 16.3 Å². The Labute approximate surface area is 143 Å². The summed E-state index contributed by atoms with van der Waals surface area (Å²) in [4.78, 5) is 13.3. The molecule has 1 heterocycles. The monoisotopic (exact) mass is 341 g/mol. The van der Waals surface area contributed by atoms with Crippen LogP contribution in [0.4, 0.5) is 5.13 Å². The second-order valence-electron chi connectivity index (χ2n) is 4.82. The van der Waals surface area contributed by atoms with E-state index in [1.54, 1.807) is 11.8 Å². The van der Waals surface area contributed by atoms with Gasteiger partial charge < -0.3 is 0 Å². The molecule has 0 fully saturated rings. The molecule has 6 heteroatoms. The standard InChI is InChI=1S/C17H15N3OS2/c1-22-14-10-6-5-9-13(14)16(21)18-17-20-19-15(23-17)11-12-7-3-2-4-8-12/h2-10H,11H2,1H3,(H,18,20,21). The summed E-state index contributed by atoms with van der Waals surface area (Å²) >= 11 is 2.95. The first-order valence-corrected chi connectivity index (χ1v) is 9.11. The van der Waals surface area contributed by atoms with Gasteiger partial charge in [0, 0.05) is 11.3 Å². The van der Waals surface area contributed by atoms with Crippen LogP contribution in [0.5, 0.6) is 0 Å². The number of anilines is 1. The van der Waals surface area contributed by atoms with E-state index in [-0.39, 0.29) is 5.91 Å². The third-order valence-corrected chi connectivity index (χ3v) is 4.87. The van der Waals surface area contributed by atoms with Gasteiger partial charge in [-0.3, -0.25) is 10.1 Å². The summed E-state index contributed by atoms with van der Waals surface area (Å²) in [7, 11) is 0. The van der Waals surface area contributed by atoms with Crippen LogP contribution in [-0.2, 0) is 6.42 Å². The van der Waals surface area contributed by atoms with Gasteiger partial charge in [-0.05, 0) is 24.0 Å². The fourth-order valence-corrected chi connectivity index (χ4v) is 3.51. The molecule has 0 atom stereocenters. The highest BCUT2D eigenvalue weighted by atomic mass is 32.2. The molecule has 0 saturated carbocycles. The van der Waals surface area contributed by atoms with Crippen LogP contribution >= 0.6 is 23.1 Å². The second kappa shape index (κ2) is 7.39. The average Bonchev–Trinajstić information content (AvgIpc) is 3.02. The number of hydrogen-bond acceptors (Lipinski definition) is 5. The highest BCUT2D eigenvalue weighted by molar-refractivity contribution is 7.98. The molecule has 1 aromatic heterocycles. The number of nitrogens with zero attached hydrogens (tertiary/aromatic N) is 2. The minimum Gasteiger partial charge on any atom is -0.296 e. The summed E-state index contributed by atoms with van der Waals surface area (Å²) in [6.07, 6.45) is 2.67. The number of hydrogen-bond donors (Lipinski definition) is 1. The molecule has 0 aliphatic rings. The van der Waals surface area contributed by atoms with Crippen LogP contribution in [0.1, 0.15) is 20.9 Å². The minimum atomic E-state index is -0.155. The van der Waals surface area contributed by atoms with Crippen LogP contribution in [0.25, 0.3) is 0 Å². The third kappa shape index (κ3) is 3.97. The molecular weight excluding hydrogens is 326 g/mol. The second-order valence-corrected chi connectivity index (χ2v) is 6.73. The van der Waals surface area contributed by atoms with E-state index in [1.165, 1.54) is 16.9 Å². The summed E-state index contributed by atoms with van der Waals surface area (Å²) in [5, 5.41) is 12.4. The van der Waals surface area contributed by atoms with Gasteiger partial charge in [0.1, 0.15) is 5.01 Å². The summed E-state index contributed by atoms with van der Waals surface area (Å²) in [6.45, 7) is 0. The summed E-state index contributed by atoms with van der Waals surface area (Å²) in [5.74, 6) is -0.155. The van der Waals surface area contributed by atoms with Crippen molar-refractivity contribution in [2.75, 3.05) is 11.6 Å². The number of amides is 1. The van der Waals surface area contributed by atoms with Gasteiger partial charge in [-0.1, -0.05) is 53.8 Å². The maximum absolute atomic E-state index is 12.4. The zero-order valence-corrected chi connectivity index (χ0v) is 14.2. The Bertz CT molecular complexity index is 802. The molecule has 1 amide bonds. The van der Waals surface area contributed by atoms with Crippen molar-refractivity contribution in [1.82, 2.24) is 10.2 Å². The molecule has 4 nitrogen and oxygen atoms in total. The Hall–Kier alpha value is -2.18. The molecule has 0 saturated heterocycles. The molecule has 0 spiro atoms. The van der Waals surface area contributed by atoms with Crippen molar-refractivity contribution >= 4 is 34.1 Å². The van der Waals surface area contributed by atoms with E-state index in [2.05, 4.69) is 15.5 Å². The average molecular weight is 341 g/mol. The third-order valence-electron chi connectivity index (χ3n) is 3.24. The number of thioether (sulfide) groups is 1. The van der Waals surface area contributed by atoms with Gasteiger partial charge in [0.15, 0.2) is 0 Å². The Balaban J connectivity index is 1.70. The van der Waals surface area contributed by atoms with Crippen molar-refractivity contribution in [1.29, 1.82) is 0 Å². The molecule has 2 aromatic carbocycles. The van der Waals surface area contributed by atoms with Crippen LogP contribution in [0.3, 0.4) is 0 Å². The lowest BCUT2D eigenvalue weighted by atomic mass is 10.2. The zero-order valence-electron chi connectivity index (χ0n) is 12.5. The van der Waals surface area contributed by atoms with Gasteiger partial charge in [0.25, 0.3) is 5.91 Å². The van der Waals surface area contributed by atoms with Crippen LogP contribution in [0.15, 0.2) is 59.5 Å². The molecule has 0 aliphatic heterocycles. The molecule has 1 N–H and O–H groups in total. The van der Waals surface area contributed by atoms with Crippen LogP contribution < -0.4 is 5.32 Å². The SMILES string of the molecule is CSc1ccccc1C(=O)Nc1nnc(Cc2ccccc2)s1. The minimum absolute atomic E-state index is 0.155. The first kappa shape index (κ1) is 15.7. The predicted molar refractivity (Wildman–Crippen MR) is 95.3 cm³/mol. The van der Waals surface area contributed by atoms with Crippen molar-refractivity contribution < 1.29 is 4.79 Å². The van der Waals surface area contributed by atoms with Crippen LogP contribution in [0.2, 0.25) is 0 Å². The summed E-state index contributed by atoms with van der Waals surface area (Å²) in [5.41, 5.74) is 1.83. The number of carbonyl (C=O) groups is 1. The lowest BCUT2D eigenvalue weighted by Crippen LogP contribution is -2.12. The summed E-state index contributed by atoms with van der Waals surface area (Å²) in [6, 6.07) is 17.6. The lowest BCUT2D eigenvalue weighted by molar-refractivity contribution is 0.102. The molecule has 23 heavy (non-hydrogen) atoms. The maximum atomic E-state index is 12.4. The quantitative estimate of drug-likeness (QED) is 0.710. The fraction of sp³-hybridized carbons (Fsp3) is 0.118.